The van der Waals surface area contributed by atoms with Gasteiger partial charge >= 0.3 is 0 Å². The number of nitrogens with zero attached hydrogens (tertiary/aromatic N) is 2. The van der Waals surface area contributed by atoms with Gasteiger partial charge in [-0.25, -0.2) is 0 Å². The molecule has 0 aromatic heterocycles. The van der Waals surface area contributed by atoms with E-state index in [0.717, 1.165) is 0 Å². The Morgan fingerprint density at radius 1 is 1.62 bits per heavy atom. The molecule has 70 valence electrons. The predicted octanol–water partition coefficient (Wildman–Crippen LogP) is 0.955. The topological polar surface area (TPSA) is 76.7 Å². The lowest BCUT2D eigenvalue weighted by atomic mass is 10.00. The third-order valence-corrected chi connectivity index (χ3v) is 1.94. The van der Waals surface area contributed by atoms with Crippen molar-refractivity contribution in [2.75, 3.05) is 0 Å². The number of nitriles is 2. The Bertz CT molecular complexity index is 274. The number of rotatable bonds is 3. The van der Waals surface area contributed by atoms with Gasteiger partial charge in [0.15, 0.2) is 0 Å². The van der Waals surface area contributed by atoms with Gasteiger partial charge in [-0.1, -0.05) is 6.92 Å². The maximum atomic E-state index is 11.2. The molecule has 13 heavy (non-hydrogen) atoms. The fourth-order valence-corrected chi connectivity index (χ4v) is 0.634. The van der Waals surface area contributed by atoms with Gasteiger partial charge in [-0.15, -0.1) is 0 Å². The van der Waals surface area contributed by atoms with Gasteiger partial charge in [-0.2, -0.15) is 10.5 Å². The van der Waals surface area contributed by atoms with Crippen LogP contribution in [0.4, 0.5) is 0 Å². The summed E-state index contributed by atoms with van der Waals surface area (Å²) in [7, 11) is 0. The molecule has 4 nitrogen and oxygen atoms in total. The van der Waals surface area contributed by atoms with E-state index < -0.39 is 17.4 Å². The summed E-state index contributed by atoms with van der Waals surface area (Å²) in [5, 5.41) is 19.7. The first-order chi connectivity index (χ1) is 5.99. The van der Waals surface area contributed by atoms with Gasteiger partial charge < -0.3 is 5.32 Å². The minimum absolute atomic E-state index is 0.395. The first-order valence-corrected chi connectivity index (χ1v) is 4.12. The van der Waals surface area contributed by atoms with Gasteiger partial charge in [-0.05, 0) is 20.3 Å². The van der Waals surface area contributed by atoms with Crippen LogP contribution in [0.5, 0.6) is 0 Å². The number of carbonyl (C=O) groups is 1. The molecule has 0 aromatic rings. The van der Waals surface area contributed by atoms with Crippen molar-refractivity contribution in [3.8, 4) is 12.1 Å². The first-order valence-electron chi connectivity index (χ1n) is 4.12. The van der Waals surface area contributed by atoms with Crippen molar-refractivity contribution in [2.24, 2.45) is 5.92 Å². The zero-order valence-corrected chi connectivity index (χ0v) is 8.09. The minimum Gasteiger partial charge on any atom is -0.337 e. The molecule has 0 saturated heterocycles. The van der Waals surface area contributed by atoms with Gasteiger partial charge in [0.2, 0.25) is 5.91 Å². The molecule has 4 heteroatoms. The van der Waals surface area contributed by atoms with Gasteiger partial charge in [0.05, 0.1) is 12.1 Å². The van der Waals surface area contributed by atoms with Crippen molar-refractivity contribution >= 4 is 5.91 Å². The van der Waals surface area contributed by atoms with Crippen molar-refractivity contribution in [3.05, 3.63) is 0 Å². The van der Waals surface area contributed by atoms with E-state index in [1.54, 1.807) is 13.8 Å². The number of hydrogen-bond donors (Lipinski definition) is 1. The van der Waals surface area contributed by atoms with E-state index in [0.29, 0.717) is 6.42 Å². The Balaban J connectivity index is 4.39. The molecule has 0 aliphatic carbocycles. The van der Waals surface area contributed by atoms with Crippen LogP contribution in [0, 0.1) is 28.6 Å². The van der Waals surface area contributed by atoms with Crippen LogP contribution in [0.3, 0.4) is 0 Å². The smallest absolute Gasteiger partial charge is 0.238 e. The Kier molecular flexibility index (Phi) is 3.94. The summed E-state index contributed by atoms with van der Waals surface area (Å²) in [4.78, 5) is 11.2. The minimum atomic E-state index is -0.859. The van der Waals surface area contributed by atoms with Crippen LogP contribution < -0.4 is 5.32 Å². The molecule has 0 heterocycles. The molecule has 0 aliphatic heterocycles. The van der Waals surface area contributed by atoms with Crippen LogP contribution in [-0.4, -0.2) is 11.4 Å². The standard InChI is InChI=1S/C9H13N3O/c1-4-9(3,6-11)12-8(13)7(2)5-10/h7H,4H2,1-3H3,(H,12,13). The molecule has 0 spiro atoms. The summed E-state index contributed by atoms with van der Waals surface area (Å²) < 4.78 is 0. The summed E-state index contributed by atoms with van der Waals surface area (Å²) in [6.45, 7) is 4.94. The third kappa shape index (κ3) is 3.13. The molecule has 0 saturated carbocycles. The number of carbonyl (C=O) groups excluding carboxylic acids is 1. The lowest BCUT2D eigenvalue weighted by Gasteiger charge is -2.21. The average molecular weight is 179 g/mol. The fraction of sp³-hybridized carbons (Fsp3) is 0.667. The quantitative estimate of drug-likeness (QED) is 0.700. The lowest BCUT2D eigenvalue weighted by Crippen LogP contribution is -2.46. The molecule has 0 aromatic carbocycles. The van der Waals surface area contributed by atoms with E-state index in [9.17, 15) is 4.79 Å². The average Bonchev–Trinajstić information content (AvgIpc) is 2.16. The summed E-state index contributed by atoms with van der Waals surface area (Å²) in [5.41, 5.74) is -0.859. The van der Waals surface area contributed by atoms with E-state index in [1.807, 2.05) is 12.1 Å². The van der Waals surface area contributed by atoms with E-state index in [4.69, 9.17) is 10.5 Å². The molecule has 1 amide bonds. The highest BCUT2D eigenvalue weighted by atomic mass is 16.2. The monoisotopic (exact) mass is 179 g/mol. The maximum Gasteiger partial charge on any atom is 0.238 e. The van der Waals surface area contributed by atoms with Crippen LogP contribution in [0.15, 0.2) is 0 Å². The van der Waals surface area contributed by atoms with Gasteiger partial charge in [0.25, 0.3) is 0 Å². The Labute approximate surface area is 78.2 Å². The van der Waals surface area contributed by atoms with Crippen molar-refractivity contribution in [3.63, 3.8) is 0 Å². The predicted molar refractivity (Wildman–Crippen MR) is 47.2 cm³/mol. The van der Waals surface area contributed by atoms with E-state index in [1.165, 1.54) is 6.92 Å². The van der Waals surface area contributed by atoms with Crippen molar-refractivity contribution in [2.45, 2.75) is 32.7 Å². The molecule has 0 radical (unpaired) electrons. The van der Waals surface area contributed by atoms with Crippen molar-refractivity contribution < 1.29 is 4.79 Å². The Hall–Kier alpha value is -1.55. The molecule has 0 aliphatic rings. The largest absolute Gasteiger partial charge is 0.337 e. The van der Waals surface area contributed by atoms with E-state index in [2.05, 4.69) is 5.32 Å². The normalized spacial score (nSPS) is 16.1. The van der Waals surface area contributed by atoms with Crippen LogP contribution in [0.2, 0.25) is 0 Å². The fourth-order valence-electron chi connectivity index (χ4n) is 0.634. The zero-order valence-electron chi connectivity index (χ0n) is 8.09. The number of hydrogen-bond acceptors (Lipinski definition) is 3. The highest BCUT2D eigenvalue weighted by Crippen LogP contribution is 2.08. The molecule has 2 atom stereocenters. The SMILES string of the molecule is CCC(C)(C#N)NC(=O)C(C)C#N. The van der Waals surface area contributed by atoms with Crippen LogP contribution in [0.25, 0.3) is 0 Å². The van der Waals surface area contributed by atoms with Crippen molar-refractivity contribution in [1.82, 2.24) is 5.32 Å². The number of nitrogens with one attached hydrogen (secondary N) is 1. The van der Waals surface area contributed by atoms with E-state index >= 15 is 0 Å². The highest BCUT2D eigenvalue weighted by molar-refractivity contribution is 5.81. The first kappa shape index (κ1) is 11.4. The zero-order chi connectivity index (χ0) is 10.5. The molecule has 0 fully saturated rings. The Morgan fingerprint density at radius 3 is 2.46 bits per heavy atom. The maximum absolute atomic E-state index is 11.2. The van der Waals surface area contributed by atoms with Crippen molar-refractivity contribution in [1.29, 1.82) is 10.5 Å². The van der Waals surface area contributed by atoms with E-state index in [-0.39, 0.29) is 0 Å². The molecular formula is C9H13N3O. The second-order valence-corrected chi connectivity index (χ2v) is 3.14. The van der Waals surface area contributed by atoms with Gasteiger partial charge in [0.1, 0.15) is 11.5 Å². The summed E-state index contributed by atoms with van der Waals surface area (Å²) >= 11 is 0. The second-order valence-electron chi connectivity index (χ2n) is 3.14. The van der Waals surface area contributed by atoms with Gasteiger partial charge in [-0.3, -0.25) is 4.79 Å². The number of amides is 1. The molecule has 0 bridgehead atoms. The third-order valence-electron chi connectivity index (χ3n) is 1.94. The lowest BCUT2D eigenvalue weighted by molar-refractivity contribution is -0.124. The van der Waals surface area contributed by atoms with Crippen LogP contribution >= 0.6 is 0 Å². The molecule has 1 N–H and O–H groups in total. The van der Waals surface area contributed by atoms with Gasteiger partial charge in [0, 0.05) is 0 Å². The summed E-state index contributed by atoms with van der Waals surface area (Å²) in [6.07, 6.45) is 0.521. The van der Waals surface area contributed by atoms with Crippen LogP contribution in [0.1, 0.15) is 27.2 Å². The molecular weight excluding hydrogens is 166 g/mol. The molecule has 2 unspecified atom stereocenters. The highest BCUT2D eigenvalue weighted by Gasteiger charge is 2.25. The summed E-state index contributed by atoms with van der Waals surface area (Å²) in [6, 6.07) is 3.81. The van der Waals surface area contributed by atoms with Crippen LogP contribution in [-0.2, 0) is 4.79 Å². The Morgan fingerprint density at radius 2 is 2.15 bits per heavy atom. The molecule has 0 rings (SSSR count). The second kappa shape index (κ2) is 4.47. The summed E-state index contributed by atoms with van der Waals surface area (Å²) in [5.74, 6) is -1.10.